The first kappa shape index (κ1) is 19.2. The molecule has 2 aliphatic carbocycles. The van der Waals surface area contributed by atoms with Crippen molar-refractivity contribution in [3.63, 3.8) is 0 Å². The monoisotopic (exact) mass is 382 g/mol. The lowest BCUT2D eigenvalue weighted by atomic mass is 9.62. The molecular weight excluding hydrogens is 344 g/mol. The van der Waals surface area contributed by atoms with Crippen LogP contribution in [-0.4, -0.2) is 31.1 Å². The van der Waals surface area contributed by atoms with E-state index in [1.54, 1.807) is 0 Å². The minimum Gasteiger partial charge on any atom is -0.365 e. The van der Waals surface area contributed by atoms with E-state index < -0.39 is 9.84 Å². The standard InChI is InChI=1S/C22H38O3S/c1-3-5-15-21(4-2)16-26(23,24)19-14-10-9-13-18(19)22(20(21)25-22)17-11-7-6-8-12-17/h17-20H,3-16H2,1-2H3/t18?,19?,20-,21-,22+/m1/s1. The summed E-state index contributed by atoms with van der Waals surface area (Å²) < 4.78 is 33.8. The molecule has 4 aliphatic rings. The largest absolute Gasteiger partial charge is 0.365 e. The average molecular weight is 383 g/mol. The molecule has 4 heteroatoms. The Balaban J connectivity index is 1.77. The SMILES string of the molecule is CCCC[C@]1(CC)CS(=O)(=O)C2CCCCC2[C@]2(C3CCCCC3)O[C@H]12. The lowest BCUT2D eigenvalue weighted by Crippen LogP contribution is -2.46. The van der Waals surface area contributed by atoms with Crippen molar-refractivity contribution in [3.05, 3.63) is 0 Å². The third kappa shape index (κ3) is 2.89. The van der Waals surface area contributed by atoms with E-state index in [2.05, 4.69) is 13.8 Å². The van der Waals surface area contributed by atoms with Crippen molar-refractivity contribution in [2.24, 2.45) is 17.3 Å². The summed E-state index contributed by atoms with van der Waals surface area (Å²) in [5, 5.41) is -0.127. The Morgan fingerprint density at radius 1 is 0.962 bits per heavy atom. The van der Waals surface area contributed by atoms with Gasteiger partial charge in [0.25, 0.3) is 0 Å². The summed E-state index contributed by atoms with van der Waals surface area (Å²) in [5.41, 5.74) is -0.234. The first-order valence-electron chi connectivity index (χ1n) is 11.4. The molecule has 0 aromatic heterocycles. The number of unbranched alkanes of at least 4 members (excludes halogenated alkanes) is 1. The number of fused-ring (bicyclic) bond motifs is 3. The number of epoxide rings is 1. The third-order valence-corrected chi connectivity index (χ3v) is 10.9. The lowest BCUT2D eigenvalue weighted by molar-refractivity contribution is 0.0917. The minimum absolute atomic E-state index is 0.0984. The smallest absolute Gasteiger partial charge is 0.154 e. The average Bonchev–Trinajstić information content (AvgIpc) is 3.43. The summed E-state index contributed by atoms with van der Waals surface area (Å²) in [7, 11) is -3.03. The Morgan fingerprint density at radius 3 is 2.35 bits per heavy atom. The molecule has 150 valence electrons. The number of rotatable bonds is 5. The van der Waals surface area contributed by atoms with Crippen LogP contribution in [0.2, 0.25) is 0 Å². The van der Waals surface area contributed by atoms with Crippen molar-refractivity contribution in [1.29, 1.82) is 0 Å². The molecule has 5 atom stereocenters. The summed E-state index contributed by atoms with van der Waals surface area (Å²) in [5.74, 6) is 1.26. The van der Waals surface area contributed by atoms with Gasteiger partial charge >= 0.3 is 0 Å². The van der Waals surface area contributed by atoms with Gasteiger partial charge < -0.3 is 4.74 Å². The molecule has 26 heavy (non-hydrogen) atoms. The van der Waals surface area contributed by atoms with Gasteiger partial charge in [-0.25, -0.2) is 8.42 Å². The van der Waals surface area contributed by atoms with Crippen LogP contribution in [0.15, 0.2) is 0 Å². The highest BCUT2D eigenvalue weighted by Gasteiger charge is 2.75. The minimum atomic E-state index is -3.03. The van der Waals surface area contributed by atoms with Crippen molar-refractivity contribution < 1.29 is 13.2 Å². The van der Waals surface area contributed by atoms with Crippen LogP contribution in [0.4, 0.5) is 0 Å². The van der Waals surface area contributed by atoms with Crippen LogP contribution in [-0.2, 0) is 14.6 Å². The Morgan fingerprint density at radius 2 is 1.65 bits per heavy atom. The number of ether oxygens (including phenoxy) is 1. The maximum absolute atomic E-state index is 13.5. The molecule has 0 bridgehead atoms. The second-order valence-electron chi connectivity index (χ2n) is 9.74. The molecule has 0 spiro atoms. The highest BCUT2D eigenvalue weighted by Crippen LogP contribution is 2.66. The van der Waals surface area contributed by atoms with E-state index in [-0.39, 0.29) is 28.3 Å². The van der Waals surface area contributed by atoms with Crippen LogP contribution < -0.4 is 0 Å². The summed E-state index contributed by atoms with van der Waals surface area (Å²) in [4.78, 5) is 0. The van der Waals surface area contributed by atoms with E-state index in [0.717, 1.165) is 44.9 Å². The van der Waals surface area contributed by atoms with Crippen molar-refractivity contribution in [3.8, 4) is 0 Å². The second kappa shape index (κ2) is 7.06. The Hall–Kier alpha value is -0.0900. The van der Waals surface area contributed by atoms with Crippen molar-refractivity contribution >= 4 is 9.84 Å². The zero-order chi connectivity index (χ0) is 18.4. The lowest BCUT2D eigenvalue weighted by Gasteiger charge is -2.39. The molecule has 0 amide bonds. The van der Waals surface area contributed by atoms with E-state index in [1.807, 2.05) is 0 Å². The van der Waals surface area contributed by atoms with Crippen molar-refractivity contribution in [2.45, 2.75) is 114 Å². The van der Waals surface area contributed by atoms with E-state index in [0.29, 0.717) is 11.7 Å². The molecule has 2 saturated heterocycles. The highest BCUT2D eigenvalue weighted by atomic mass is 32.2. The second-order valence-corrected chi connectivity index (χ2v) is 12.0. The van der Waals surface area contributed by atoms with Gasteiger partial charge in [0.2, 0.25) is 0 Å². The van der Waals surface area contributed by atoms with Crippen molar-refractivity contribution in [1.82, 2.24) is 0 Å². The zero-order valence-corrected chi connectivity index (χ0v) is 17.7. The van der Waals surface area contributed by atoms with Gasteiger partial charge in [0.1, 0.15) is 5.60 Å². The summed E-state index contributed by atoms with van der Waals surface area (Å²) in [6.07, 6.45) is 15.1. The Kier molecular flexibility index (Phi) is 5.22. The van der Waals surface area contributed by atoms with Gasteiger partial charge in [0.15, 0.2) is 9.84 Å². The van der Waals surface area contributed by atoms with Gasteiger partial charge in [0, 0.05) is 11.3 Å². The fourth-order valence-electron chi connectivity index (χ4n) is 7.04. The van der Waals surface area contributed by atoms with Gasteiger partial charge in [-0.3, -0.25) is 0 Å². The number of sulfone groups is 1. The van der Waals surface area contributed by atoms with Gasteiger partial charge in [-0.05, 0) is 44.4 Å². The first-order chi connectivity index (χ1) is 12.5. The molecule has 0 aromatic carbocycles. The van der Waals surface area contributed by atoms with Gasteiger partial charge in [0.05, 0.1) is 17.1 Å². The molecule has 4 fully saturated rings. The molecule has 2 heterocycles. The van der Waals surface area contributed by atoms with Crippen LogP contribution in [0, 0.1) is 17.3 Å². The molecule has 2 aliphatic heterocycles. The first-order valence-corrected chi connectivity index (χ1v) is 13.1. The van der Waals surface area contributed by atoms with Crippen LogP contribution >= 0.6 is 0 Å². The molecule has 4 rings (SSSR count). The van der Waals surface area contributed by atoms with E-state index in [4.69, 9.17) is 4.74 Å². The fourth-order valence-corrected chi connectivity index (χ4v) is 9.94. The molecule has 2 unspecified atom stereocenters. The van der Waals surface area contributed by atoms with Crippen molar-refractivity contribution in [2.75, 3.05) is 5.75 Å². The van der Waals surface area contributed by atoms with Crippen LogP contribution in [0.5, 0.6) is 0 Å². The quantitative estimate of drug-likeness (QED) is 0.608. The topological polar surface area (TPSA) is 46.7 Å². The number of hydrogen-bond acceptors (Lipinski definition) is 3. The maximum atomic E-state index is 13.5. The zero-order valence-electron chi connectivity index (χ0n) is 16.8. The summed E-state index contributed by atoms with van der Waals surface area (Å²) in [6, 6.07) is 0. The molecule has 0 N–H and O–H groups in total. The fraction of sp³-hybridized carbons (Fsp3) is 1.00. The maximum Gasteiger partial charge on any atom is 0.154 e. The van der Waals surface area contributed by atoms with Crippen LogP contribution in [0.1, 0.15) is 97.3 Å². The summed E-state index contributed by atoms with van der Waals surface area (Å²) in [6.45, 7) is 4.43. The predicted octanol–water partition coefficient (Wildman–Crippen LogP) is 5.28. The third-order valence-electron chi connectivity index (χ3n) is 8.44. The summed E-state index contributed by atoms with van der Waals surface area (Å²) >= 11 is 0. The molecular formula is C22H38O3S. The van der Waals surface area contributed by atoms with Gasteiger partial charge in [-0.15, -0.1) is 0 Å². The highest BCUT2D eigenvalue weighted by molar-refractivity contribution is 7.92. The molecule has 3 nitrogen and oxygen atoms in total. The number of hydrogen-bond donors (Lipinski definition) is 0. The van der Waals surface area contributed by atoms with Gasteiger partial charge in [-0.1, -0.05) is 58.8 Å². The van der Waals surface area contributed by atoms with Gasteiger partial charge in [-0.2, -0.15) is 0 Å². The van der Waals surface area contributed by atoms with E-state index in [1.165, 1.54) is 38.5 Å². The predicted molar refractivity (Wildman–Crippen MR) is 106 cm³/mol. The molecule has 2 saturated carbocycles. The molecule has 0 radical (unpaired) electrons. The Labute approximate surface area is 160 Å². The molecule has 0 aromatic rings. The van der Waals surface area contributed by atoms with Crippen LogP contribution in [0.25, 0.3) is 0 Å². The van der Waals surface area contributed by atoms with E-state index >= 15 is 0 Å². The Bertz CT molecular complexity index is 609. The van der Waals surface area contributed by atoms with E-state index in [9.17, 15) is 8.42 Å². The van der Waals surface area contributed by atoms with Crippen LogP contribution in [0.3, 0.4) is 0 Å². The normalized spacial score (nSPS) is 45.4.